The number of benzene rings is 1. The number of Topliss-reactive ketones (excluding diaryl/α,β-unsaturated/α-hetero) is 1. The highest BCUT2D eigenvalue weighted by molar-refractivity contribution is 7.07. The molecule has 1 aliphatic heterocycles. The van der Waals surface area contributed by atoms with Gasteiger partial charge < -0.3 is 14.0 Å². The lowest BCUT2D eigenvalue weighted by atomic mass is 9.91. The molecule has 0 saturated heterocycles. The van der Waals surface area contributed by atoms with Crippen LogP contribution in [0.4, 0.5) is 0 Å². The second-order valence-corrected chi connectivity index (χ2v) is 9.20. The normalized spacial score (nSPS) is 17.6. The van der Waals surface area contributed by atoms with Crippen molar-refractivity contribution in [2.45, 2.75) is 47.1 Å². The van der Waals surface area contributed by atoms with Crippen molar-refractivity contribution in [3.05, 3.63) is 42.8 Å². The van der Waals surface area contributed by atoms with Crippen molar-refractivity contribution in [1.82, 2.24) is 4.57 Å². The second kappa shape index (κ2) is 7.59. The fourth-order valence-electron chi connectivity index (χ4n) is 3.03. The molecule has 0 unspecified atom stereocenters. The topological polar surface area (TPSA) is 57.5 Å². The van der Waals surface area contributed by atoms with Gasteiger partial charge in [0.05, 0.1) is 11.1 Å². The molecule has 0 fully saturated rings. The second-order valence-electron chi connectivity index (χ2n) is 8.14. The summed E-state index contributed by atoms with van der Waals surface area (Å²) >= 11 is 1.31. The van der Waals surface area contributed by atoms with Crippen LogP contribution in [0.2, 0.25) is 0 Å². The van der Waals surface area contributed by atoms with E-state index >= 15 is 0 Å². The minimum atomic E-state index is -0.486. The Morgan fingerprint density at radius 2 is 2.11 bits per heavy atom. The number of carbonyl (C=O) groups is 1. The maximum absolute atomic E-state index is 12.7. The van der Waals surface area contributed by atoms with E-state index in [0.717, 1.165) is 29.0 Å². The summed E-state index contributed by atoms with van der Waals surface area (Å²) in [6.07, 6.45) is 4.37. The zero-order valence-corrected chi connectivity index (χ0v) is 18.1. The van der Waals surface area contributed by atoms with Crippen molar-refractivity contribution in [1.29, 1.82) is 0 Å². The van der Waals surface area contributed by atoms with E-state index in [0.29, 0.717) is 15.8 Å². The summed E-state index contributed by atoms with van der Waals surface area (Å²) in [5.74, 6) is 1.57. The van der Waals surface area contributed by atoms with Gasteiger partial charge in [0.15, 0.2) is 5.78 Å². The number of ketones is 1. The first-order chi connectivity index (χ1) is 13.1. The number of ether oxygens (including phenoxy) is 2. The zero-order chi connectivity index (χ0) is 20.6. The standard InChI is InChI=1S/C22H27NO4S/c1-7-26-16-9-14-8-13(2)27-17(14)10-15(16)11-18-21(25)23(6)20(28-18)12-19(24)22(3,4)5/h9-13H,7-8H2,1-6H3/b18-11-,20-12-/t13-/m0/s1. The largest absolute Gasteiger partial charge is 0.493 e. The molecule has 6 heteroatoms. The molecule has 0 N–H and O–H groups in total. The van der Waals surface area contributed by atoms with Gasteiger partial charge in [0.1, 0.15) is 22.3 Å². The molecule has 1 atom stereocenters. The van der Waals surface area contributed by atoms with Crippen LogP contribution in [0.1, 0.15) is 45.7 Å². The lowest BCUT2D eigenvalue weighted by molar-refractivity contribution is -0.120. The highest BCUT2D eigenvalue weighted by atomic mass is 32.1. The third-order valence-corrected chi connectivity index (χ3v) is 5.78. The smallest absolute Gasteiger partial charge is 0.268 e. The van der Waals surface area contributed by atoms with Gasteiger partial charge in [0.2, 0.25) is 0 Å². The van der Waals surface area contributed by atoms with Crippen molar-refractivity contribution in [2.75, 3.05) is 6.61 Å². The Hall–Kier alpha value is -2.34. The van der Waals surface area contributed by atoms with Crippen LogP contribution in [-0.4, -0.2) is 23.1 Å². The molecule has 1 aromatic heterocycles. The maximum atomic E-state index is 12.7. The Bertz CT molecular complexity index is 1090. The lowest BCUT2D eigenvalue weighted by Gasteiger charge is -2.12. The number of fused-ring (bicyclic) bond motifs is 1. The van der Waals surface area contributed by atoms with Gasteiger partial charge in [-0.1, -0.05) is 20.8 Å². The molecule has 0 radical (unpaired) electrons. The van der Waals surface area contributed by atoms with Crippen LogP contribution in [0.5, 0.6) is 11.5 Å². The average molecular weight is 402 g/mol. The Morgan fingerprint density at radius 1 is 1.39 bits per heavy atom. The highest BCUT2D eigenvalue weighted by Gasteiger charge is 2.22. The van der Waals surface area contributed by atoms with E-state index in [1.54, 1.807) is 13.1 Å². The van der Waals surface area contributed by atoms with Crippen LogP contribution in [0.25, 0.3) is 12.2 Å². The van der Waals surface area contributed by atoms with E-state index in [9.17, 15) is 9.59 Å². The van der Waals surface area contributed by atoms with E-state index < -0.39 is 5.41 Å². The third-order valence-electron chi connectivity index (χ3n) is 4.67. The molecule has 1 aliphatic rings. The molecule has 1 aromatic carbocycles. The van der Waals surface area contributed by atoms with Gasteiger partial charge in [0, 0.05) is 36.1 Å². The number of thiazole rings is 1. The third kappa shape index (κ3) is 4.07. The van der Waals surface area contributed by atoms with Gasteiger partial charge in [-0.25, -0.2) is 0 Å². The van der Waals surface area contributed by atoms with Crippen molar-refractivity contribution in [3.8, 4) is 11.5 Å². The fraction of sp³-hybridized carbons (Fsp3) is 0.455. The van der Waals surface area contributed by atoms with Crippen molar-refractivity contribution >= 4 is 29.3 Å². The van der Waals surface area contributed by atoms with E-state index in [1.807, 2.05) is 52.8 Å². The number of carbonyl (C=O) groups excluding carboxylic acids is 1. The van der Waals surface area contributed by atoms with Crippen LogP contribution >= 0.6 is 11.3 Å². The summed E-state index contributed by atoms with van der Waals surface area (Å²) < 4.78 is 14.4. The molecule has 0 saturated carbocycles. The molecular formula is C22H27NO4S. The number of hydrogen-bond donors (Lipinski definition) is 0. The van der Waals surface area contributed by atoms with Crippen LogP contribution in [0.3, 0.4) is 0 Å². The monoisotopic (exact) mass is 401 g/mol. The van der Waals surface area contributed by atoms with Gasteiger partial charge in [0.25, 0.3) is 5.56 Å². The molecule has 28 heavy (non-hydrogen) atoms. The summed E-state index contributed by atoms with van der Waals surface area (Å²) in [6, 6.07) is 3.94. The minimum Gasteiger partial charge on any atom is -0.493 e. The summed E-state index contributed by atoms with van der Waals surface area (Å²) in [6.45, 7) is 10.1. The van der Waals surface area contributed by atoms with Crippen LogP contribution in [0.15, 0.2) is 16.9 Å². The van der Waals surface area contributed by atoms with E-state index in [1.165, 1.54) is 15.9 Å². The Morgan fingerprint density at radius 3 is 2.75 bits per heavy atom. The number of hydrogen-bond acceptors (Lipinski definition) is 5. The van der Waals surface area contributed by atoms with Gasteiger partial charge >= 0.3 is 0 Å². The molecule has 150 valence electrons. The van der Waals surface area contributed by atoms with Crippen LogP contribution < -0.4 is 24.2 Å². The van der Waals surface area contributed by atoms with E-state index in [2.05, 4.69) is 0 Å². The van der Waals surface area contributed by atoms with Crippen molar-refractivity contribution in [3.63, 3.8) is 0 Å². The minimum absolute atomic E-state index is 0.00850. The first-order valence-electron chi connectivity index (χ1n) is 9.50. The van der Waals surface area contributed by atoms with Crippen LogP contribution in [-0.2, 0) is 18.3 Å². The highest BCUT2D eigenvalue weighted by Crippen LogP contribution is 2.35. The van der Waals surface area contributed by atoms with Gasteiger partial charge in [-0.3, -0.25) is 9.59 Å². The quantitative estimate of drug-likeness (QED) is 0.789. The fourth-order valence-corrected chi connectivity index (χ4v) is 4.05. The molecular weight excluding hydrogens is 374 g/mol. The van der Waals surface area contributed by atoms with E-state index in [4.69, 9.17) is 9.47 Å². The first-order valence-corrected chi connectivity index (χ1v) is 10.3. The van der Waals surface area contributed by atoms with Gasteiger partial charge in [-0.05, 0) is 32.1 Å². The Labute approximate surface area is 168 Å². The van der Waals surface area contributed by atoms with Gasteiger partial charge in [-0.15, -0.1) is 11.3 Å². The zero-order valence-electron chi connectivity index (χ0n) is 17.3. The summed E-state index contributed by atoms with van der Waals surface area (Å²) in [5, 5.41) is 0. The molecule has 2 heterocycles. The average Bonchev–Trinajstić information content (AvgIpc) is 3.08. The maximum Gasteiger partial charge on any atom is 0.268 e. The molecule has 0 amide bonds. The molecule has 5 nitrogen and oxygen atoms in total. The summed E-state index contributed by atoms with van der Waals surface area (Å²) in [4.78, 5) is 25.1. The summed E-state index contributed by atoms with van der Waals surface area (Å²) in [7, 11) is 1.69. The van der Waals surface area contributed by atoms with Crippen molar-refractivity contribution < 1.29 is 14.3 Å². The molecule has 3 rings (SSSR count). The predicted molar refractivity (Wildman–Crippen MR) is 113 cm³/mol. The number of nitrogens with zero attached hydrogens (tertiary/aromatic N) is 1. The van der Waals surface area contributed by atoms with E-state index in [-0.39, 0.29) is 17.4 Å². The first kappa shape index (κ1) is 20.4. The van der Waals surface area contributed by atoms with Gasteiger partial charge in [-0.2, -0.15) is 0 Å². The SMILES string of the molecule is CCOc1cc2c(cc1/C=c1\s/c(=C\C(=O)C(C)(C)C)n(C)c1=O)O[C@@H](C)C2. The lowest BCUT2D eigenvalue weighted by Crippen LogP contribution is -2.30. The summed E-state index contributed by atoms with van der Waals surface area (Å²) in [5.41, 5.74) is 1.31. The molecule has 0 aliphatic carbocycles. The van der Waals surface area contributed by atoms with Crippen molar-refractivity contribution in [2.24, 2.45) is 12.5 Å². The molecule has 0 spiro atoms. The molecule has 0 bridgehead atoms. The number of rotatable bonds is 4. The molecule has 2 aromatic rings. The van der Waals surface area contributed by atoms with Crippen LogP contribution in [0, 0.1) is 5.41 Å². The Kier molecular flexibility index (Phi) is 5.53. The predicted octanol–water partition coefficient (Wildman–Crippen LogP) is 2.39. The number of aromatic nitrogens is 1. The Balaban J connectivity index is 2.14.